The summed E-state index contributed by atoms with van der Waals surface area (Å²) in [6.07, 6.45) is 0. The molecule has 1 amide bonds. The standard InChI is InChI=1S/C20H13Cl3N4O3S2/c21-11-7-8-12(20(28)24-10-13-14(22)3-1-4-15(13)23)17(9-11)27-32(29,30)18-6-2-5-16-19(18)26-31-25-16/h1-9,27H,10H2,(H,24,28). The molecule has 12 heteroatoms. The molecule has 0 bridgehead atoms. The predicted molar refractivity (Wildman–Crippen MR) is 127 cm³/mol. The van der Waals surface area contributed by atoms with Crippen LogP contribution in [-0.4, -0.2) is 23.1 Å². The second-order valence-electron chi connectivity index (χ2n) is 6.57. The fraction of sp³-hybridized carbons (Fsp3) is 0.0500. The van der Waals surface area contributed by atoms with Crippen LogP contribution < -0.4 is 10.0 Å². The summed E-state index contributed by atoms with van der Waals surface area (Å²) in [4.78, 5) is 12.8. The van der Waals surface area contributed by atoms with Crippen molar-refractivity contribution in [1.29, 1.82) is 0 Å². The van der Waals surface area contributed by atoms with Crippen LogP contribution in [0.2, 0.25) is 15.1 Å². The number of anilines is 1. The van der Waals surface area contributed by atoms with Crippen LogP contribution in [0.5, 0.6) is 0 Å². The van der Waals surface area contributed by atoms with E-state index in [0.717, 1.165) is 11.7 Å². The molecule has 1 aromatic heterocycles. The highest BCUT2D eigenvalue weighted by Gasteiger charge is 2.23. The molecule has 0 aliphatic rings. The number of hydrogen-bond donors (Lipinski definition) is 2. The normalized spacial score (nSPS) is 11.5. The van der Waals surface area contributed by atoms with Gasteiger partial charge in [-0.25, -0.2) is 8.42 Å². The maximum absolute atomic E-state index is 13.1. The number of rotatable bonds is 6. The van der Waals surface area contributed by atoms with Crippen molar-refractivity contribution in [3.63, 3.8) is 0 Å². The van der Waals surface area contributed by atoms with Crippen LogP contribution >= 0.6 is 46.5 Å². The van der Waals surface area contributed by atoms with Gasteiger partial charge in [0.1, 0.15) is 15.9 Å². The number of hydrogen-bond acceptors (Lipinski definition) is 6. The Morgan fingerprint density at radius 1 is 0.969 bits per heavy atom. The lowest BCUT2D eigenvalue weighted by atomic mass is 10.1. The van der Waals surface area contributed by atoms with E-state index in [4.69, 9.17) is 34.8 Å². The lowest BCUT2D eigenvalue weighted by Crippen LogP contribution is -2.25. The van der Waals surface area contributed by atoms with E-state index in [-0.39, 0.29) is 33.2 Å². The van der Waals surface area contributed by atoms with E-state index in [1.807, 2.05) is 0 Å². The van der Waals surface area contributed by atoms with Gasteiger partial charge in [-0.3, -0.25) is 9.52 Å². The van der Waals surface area contributed by atoms with E-state index in [1.54, 1.807) is 30.3 Å². The maximum Gasteiger partial charge on any atom is 0.264 e. The molecule has 0 saturated heterocycles. The van der Waals surface area contributed by atoms with Crippen LogP contribution in [0.15, 0.2) is 59.5 Å². The molecular weight excluding hydrogens is 515 g/mol. The molecule has 32 heavy (non-hydrogen) atoms. The van der Waals surface area contributed by atoms with Crippen LogP contribution in [-0.2, 0) is 16.6 Å². The van der Waals surface area contributed by atoms with E-state index >= 15 is 0 Å². The van der Waals surface area contributed by atoms with Crippen molar-refractivity contribution in [3.05, 3.63) is 80.8 Å². The van der Waals surface area contributed by atoms with E-state index in [2.05, 4.69) is 18.8 Å². The Kier molecular flexibility index (Phi) is 6.55. The fourth-order valence-corrected chi connectivity index (χ4v) is 5.50. The molecular formula is C20H13Cl3N4O3S2. The highest BCUT2D eigenvalue weighted by atomic mass is 35.5. The van der Waals surface area contributed by atoms with E-state index in [9.17, 15) is 13.2 Å². The minimum atomic E-state index is -4.09. The number of benzene rings is 3. The van der Waals surface area contributed by atoms with Crippen LogP contribution in [0, 0.1) is 0 Å². The van der Waals surface area contributed by atoms with E-state index in [0.29, 0.717) is 21.1 Å². The molecule has 0 aliphatic heterocycles. The first-order valence-electron chi connectivity index (χ1n) is 9.01. The molecule has 1 heterocycles. The summed E-state index contributed by atoms with van der Waals surface area (Å²) in [6.45, 7) is 0.0515. The zero-order valence-electron chi connectivity index (χ0n) is 16.0. The minimum Gasteiger partial charge on any atom is -0.348 e. The molecule has 0 spiro atoms. The average Bonchev–Trinajstić information content (AvgIpc) is 3.22. The van der Waals surface area contributed by atoms with Crippen molar-refractivity contribution in [2.45, 2.75) is 11.4 Å². The number of aromatic nitrogens is 2. The molecule has 0 atom stereocenters. The number of carbonyl (C=O) groups is 1. The summed E-state index contributed by atoms with van der Waals surface area (Å²) in [5.74, 6) is -0.538. The summed E-state index contributed by atoms with van der Waals surface area (Å²) in [5.41, 5.74) is 1.33. The number of amides is 1. The third-order valence-electron chi connectivity index (χ3n) is 4.50. The first kappa shape index (κ1) is 22.8. The number of fused-ring (bicyclic) bond motifs is 1. The van der Waals surface area contributed by atoms with Crippen LogP contribution in [0.1, 0.15) is 15.9 Å². The second-order valence-corrected chi connectivity index (χ2v) is 10.00. The zero-order chi connectivity index (χ0) is 22.9. The molecule has 0 fully saturated rings. The molecule has 2 N–H and O–H groups in total. The van der Waals surface area contributed by atoms with Gasteiger partial charge in [-0.2, -0.15) is 8.75 Å². The SMILES string of the molecule is O=C(NCc1c(Cl)cccc1Cl)c1ccc(Cl)cc1NS(=O)(=O)c1cccc2nsnc12. The monoisotopic (exact) mass is 526 g/mol. The van der Waals surface area contributed by atoms with Crippen LogP contribution in [0.4, 0.5) is 5.69 Å². The van der Waals surface area contributed by atoms with Gasteiger partial charge in [-0.05, 0) is 42.5 Å². The highest BCUT2D eigenvalue weighted by Crippen LogP contribution is 2.28. The summed E-state index contributed by atoms with van der Waals surface area (Å²) in [6, 6.07) is 13.9. The predicted octanol–water partition coefficient (Wildman–Crippen LogP) is 5.38. The highest BCUT2D eigenvalue weighted by molar-refractivity contribution is 7.93. The molecule has 0 unspecified atom stereocenters. The molecule has 4 rings (SSSR count). The Bertz CT molecular complexity index is 1420. The zero-order valence-corrected chi connectivity index (χ0v) is 19.9. The van der Waals surface area contributed by atoms with E-state index in [1.165, 1.54) is 24.3 Å². The van der Waals surface area contributed by atoms with Crippen molar-refractivity contribution in [1.82, 2.24) is 14.1 Å². The van der Waals surface area contributed by atoms with Gasteiger partial charge in [0.05, 0.1) is 23.0 Å². The van der Waals surface area contributed by atoms with Gasteiger partial charge in [0.25, 0.3) is 15.9 Å². The smallest absolute Gasteiger partial charge is 0.264 e. The first-order chi connectivity index (χ1) is 15.3. The Morgan fingerprint density at radius 2 is 1.69 bits per heavy atom. The Balaban J connectivity index is 1.64. The third kappa shape index (κ3) is 4.67. The number of halogens is 3. The van der Waals surface area contributed by atoms with Gasteiger partial charge in [-0.1, -0.05) is 46.9 Å². The second kappa shape index (κ2) is 9.21. The van der Waals surface area contributed by atoms with Crippen molar-refractivity contribution in [2.75, 3.05) is 4.72 Å². The van der Waals surface area contributed by atoms with Crippen molar-refractivity contribution < 1.29 is 13.2 Å². The molecule has 3 aromatic carbocycles. The molecule has 164 valence electrons. The third-order valence-corrected chi connectivity index (χ3v) is 7.38. The maximum atomic E-state index is 13.1. The molecule has 0 saturated carbocycles. The Hall–Kier alpha value is -2.43. The van der Waals surface area contributed by atoms with Gasteiger partial charge >= 0.3 is 0 Å². The summed E-state index contributed by atoms with van der Waals surface area (Å²) < 4.78 is 36.7. The first-order valence-corrected chi connectivity index (χ1v) is 12.4. The topological polar surface area (TPSA) is 101 Å². The fourth-order valence-electron chi connectivity index (χ4n) is 2.96. The van der Waals surface area contributed by atoms with Crippen LogP contribution in [0.3, 0.4) is 0 Å². The number of nitrogens with one attached hydrogen (secondary N) is 2. The Morgan fingerprint density at radius 3 is 2.44 bits per heavy atom. The number of nitrogens with zero attached hydrogens (tertiary/aromatic N) is 2. The average molecular weight is 528 g/mol. The number of carbonyl (C=O) groups excluding carboxylic acids is 1. The minimum absolute atomic E-state index is 0.0143. The van der Waals surface area contributed by atoms with Gasteiger partial charge in [0, 0.05) is 27.2 Å². The largest absolute Gasteiger partial charge is 0.348 e. The molecule has 0 aliphatic carbocycles. The quantitative estimate of drug-likeness (QED) is 0.350. The summed E-state index contributed by atoms with van der Waals surface area (Å²) in [7, 11) is -4.09. The molecule has 7 nitrogen and oxygen atoms in total. The Labute approximate surface area is 202 Å². The molecule has 4 aromatic rings. The summed E-state index contributed by atoms with van der Waals surface area (Å²) >= 11 is 19.3. The van der Waals surface area contributed by atoms with Gasteiger partial charge < -0.3 is 5.32 Å². The molecule has 0 radical (unpaired) electrons. The summed E-state index contributed by atoms with van der Waals surface area (Å²) in [5, 5.41) is 3.76. The lowest BCUT2D eigenvalue weighted by Gasteiger charge is -2.14. The van der Waals surface area contributed by atoms with Gasteiger partial charge in [0.15, 0.2) is 0 Å². The lowest BCUT2D eigenvalue weighted by molar-refractivity contribution is 0.0952. The number of sulfonamides is 1. The van der Waals surface area contributed by atoms with Crippen molar-refractivity contribution in [3.8, 4) is 0 Å². The van der Waals surface area contributed by atoms with Crippen molar-refractivity contribution in [2.24, 2.45) is 0 Å². The van der Waals surface area contributed by atoms with E-state index < -0.39 is 15.9 Å². The van der Waals surface area contributed by atoms with Crippen LogP contribution in [0.25, 0.3) is 11.0 Å². The van der Waals surface area contributed by atoms with Crippen molar-refractivity contribution >= 4 is 79.2 Å². The van der Waals surface area contributed by atoms with Gasteiger partial charge in [-0.15, -0.1) is 0 Å². The van der Waals surface area contributed by atoms with Gasteiger partial charge in [0.2, 0.25) is 0 Å².